The van der Waals surface area contributed by atoms with Gasteiger partial charge in [-0.2, -0.15) is 0 Å². The van der Waals surface area contributed by atoms with Crippen LogP contribution in [-0.2, 0) is 9.59 Å². The van der Waals surface area contributed by atoms with Crippen LogP contribution in [0.2, 0.25) is 0 Å². The number of rotatable bonds is 2. The van der Waals surface area contributed by atoms with E-state index in [-0.39, 0.29) is 23.4 Å². The Morgan fingerprint density at radius 3 is 1.42 bits per heavy atom. The summed E-state index contributed by atoms with van der Waals surface area (Å²) in [6.45, 7) is 11.4. The third-order valence-corrected chi connectivity index (χ3v) is 3.77. The van der Waals surface area contributed by atoms with E-state index in [1.165, 1.54) is 0 Å². The number of carbonyl (C=O) groups excluding carboxylic acids is 2. The normalized spacial score (nSPS) is 22.6. The van der Waals surface area contributed by atoms with E-state index >= 15 is 0 Å². The Kier molecular flexibility index (Phi) is 3.00. The van der Waals surface area contributed by atoms with Crippen LogP contribution in [0.15, 0.2) is 16.9 Å². The molecule has 0 aromatic carbocycles. The summed E-state index contributed by atoms with van der Waals surface area (Å²) < 4.78 is 5.19. The molecule has 1 aromatic heterocycles. The van der Waals surface area contributed by atoms with Crippen LogP contribution in [-0.4, -0.2) is 11.6 Å². The minimum atomic E-state index is -0.448. The van der Waals surface area contributed by atoms with Gasteiger partial charge < -0.3 is 4.42 Å². The van der Waals surface area contributed by atoms with Crippen LogP contribution in [0, 0.1) is 10.8 Å². The van der Waals surface area contributed by atoms with Crippen molar-refractivity contribution in [1.29, 1.82) is 0 Å². The molecule has 1 heterocycles. The molecule has 0 spiro atoms. The van der Waals surface area contributed by atoms with Crippen molar-refractivity contribution in [2.75, 3.05) is 0 Å². The predicted molar refractivity (Wildman–Crippen MR) is 73.1 cm³/mol. The topological polar surface area (TPSA) is 47.3 Å². The maximum absolute atomic E-state index is 12.6. The molecular formula is C16H22O3. The van der Waals surface area contributed by atoms with Gasteiger partial charge in [0.1, 0.15) is 11.6 Å². The SMILES string of the molecule is CC(C)(C)C(=O)C1c2cocc2C1C(=O)C(C)(C)C. The Balaban J connectivity index is 2.40. The monoisotopic (exact) mass is 262 g/mol. The van der Waals surface area contributed by atoms with Gasteiger partial charge in [0.25, 0.3) is 0 Å². The quantitative estimate of drug-likeness (QED) is 0.816. The minimum absolute atomic E-state index is 0.115. The molecule has 19 heavy (non-hydrogen) atoms. The van der Waals surface area contributed by atoms with Gasteiger partial charge in [-0.05, 0) is 0 Å². The van der Waals surface area contributed by atoms with Crippen LogP contribution in [0.25, 0.3) is 0 Å². The molecule has 0 saturated carbocycles. The number of fused-ring (bicyclic) bond motifs is 1. The highest BCUT2D eigenvalue weighted by Crippen LogP contribution is 2.52. The molecule has 0 radical (unpaired) electrons. The molecule has 3 nitrogen and oxygen atoms in total. The third-order valence-electron chi connectivity index (χ3n) is 3.77. The summed E-state index contributed by atoms with van der Waals surface area (Å²) in [7, 11) is 0. The van der Waals surface area contributed by atoms with Crippen LogP contribution >= 0.6 is 0 Å². The number of hydrogen-bond donors (Lipinski definition) is 0. The van der Waals surface area contributed by atoms with E-state index in [2.05, 4.69) is 0 Å². The predicted octanol–water partition coefficient (Wildman–Crippen LogP) is 3.69. The molecule has 3 heteroatoms. The van der Waals surface area contributed by atoms with Crippen molar-refractivity contribution in [2.24, 2.45) is 10.8 Å². The van der Waals surface area contributed by atoms with Crippen LogP contribution in [0.3, 0.4) is 0 Å². The Bertz CT molecular complexity index is 476. The zero-order valence-electron chi connectivity index (χ0n) is 12.5. The summed E-state index contributed by atoms with van der Waals surface area (Å²) in [5.41, 5.74) is 0.886. The number of hydrogen-bond acceptors (Lipinski definition) is 3. The van der Waals surface area contributed by atoms with Crippen LogP contribution in [0.5, 0.6) is 0 Å². The Hall–Kier alpha value is -1.38. The van der Waals surface area contributed by atoms with E-state index in [0.29, 0.717) is 0 Å². The van der Waals surface area contributed by atoms with Gasteiger partial charge in [-0.25, -0.2) is 0 Å². The molecule has 0 saturated heterocycles. The number of carbonyl (C=O) groups is 2. The molecule has 104 valence electrons. The average molecular weight is 262 g/mol. The van der Waals surface area contributed by atoms with E-state index in [0.717, 1.165) is 11.1 Å². The van der Waals surface area contributed by atoms with E-state index in [9.17, 15) is 9.59 Å². The second kappa shape index (κ2) is 4.06. The molecule has 2 atom stereocenters. The molecular weight excluding hydrogens is 240 g/mol. The van der Waals surface area contributed by atoms with Crippen molar-refractivity contribution < 1.29 is 14.0 Å². The average Bonchev–Trinajstić information content (AvgIpc) is 2.59. The van der Waals surface area contributed by atoms with Crippen molar-refractivity contribution in [1.82, 2.24) is 0 Å². The van der Waals surface area contributed by atoms with Crippen LogP contribution < -0.4 is 0 Å². The van der Waals surface area contributed by atoms with Gasteiger partial charge >= 0.3 is 0 Å². The second-order valence-corrected chi connectivity index (χ2v) is 7.47. The van der Waals surface area contributed by atoms with Gasteiger partial charge in [0, 0.05) is 22.0 Å². The zero-order chi connectivity index (χ0) is 14.6. The second-order valence-electron chi connectivity index (χ2n) is 7.47. The first-order valence-corrected chi connectivity index (χ1v) is 6.70. The van der Waals surface area contributed by atoms with Gasteiger partial charge in [0.05, 0.1) is 24.4 Å². The molecule has 0 fully saturated rings. The Morgan fingerprint density at radius 2 is 1.16 bits per heavy atom. The molecule has 0 bridgehead atoms. The first-order chi connectivity index (χ1) is 8.55. The van der Waals surface area contributed by atoms with Gasteiger partial charge in [0.2, 0.25) is 0 Å². The van der Waals surface area contributed by atoms with Gasteiger partial charge in [-0.1, -0.05) is 41.5 Å². The van der Waals surface area contributed by atoms with E-state index in [1.54, 1.807) is 12.5 Å². The third kappa shape index (κ3) is 2.15. The molecule has 2 unspecified atom stereocenters. The summed E-state index contributed by atoms with van der Waals surface area (Å²) in [6, 6.07) is 0. The van der Waals surface area contributed by atoms with E-state index < -0.39 is 10.8 Å². The van der Waals surface area contributed by atoms with E-state index in [1.807, 2.05) is 41.5 Å². The lowest BCUT2D eigenvalue weighted by atomic mass is 9.59. The summed E-state index contributed by atoms with van der Waals surface area (Å²) in [6.07, 6.45) is 3.21. The molecule has 0 amide bonds. The number of furan rings is 1. The lowest BCUT2D eigenvalue weighted by Gasteiger charge is -2.40. The van der Waals surface area contributed by atoms with Crippen molar-refractivity contribution in [3.63, 3.8) is 0 Å². The van der Waals surface area contributed by atoms with Crippen molar-refractivity contribution >= 4 is 11.6 Å². The summed E-state index contributed by atoms with van der Waals surface area (Å²) in [5.74, 6) is -0.436. The molecule has 1 aliphatic carbocycles. The largest absolute Gasteiger partial charge is 0.472 e. The molecule has 2 rings (SSSR count). The first-order valence-electron chi connectivity index (χ1n) is 6.70. The van der Waals surface area contributed by atoms with E-state index in [4.69, 9.17) is 4.42 Å². The van der Waals surface area contributed by atoms with Crippen molar-refractivity contribution in [3.8, 4) is 0 Å². The fourth-order valence-electron chi connectivity index (χ4n) is 2.60. The molecule has 1 aliphatic rings. The van der Waals surface area contributed by atoms with Crippen LogP contribution in [0.1, 0.15) is 64.5 Å². The fraction of sp³-hybridized carbons (Fsp3) is 0.625. The first kappa shape index (κ1) is 14.0. The van der Waals surface area contributed by atoms with Gasteiger partial charge in [0.15, 0.2) is 0 Å². The summed E-state index contributed by atoms with van der Waals surface area (Å²) >= 11 is 0. The lowest BCUT2D eigenvalue weighted by Crippen LogP contribution is -2.43. The smallest absolute Gasteiger partial charge is 0.146 e. The van der Waals surface area contributed by atoms with Gasteiger partial charge in [-0.3, -0.25) is 9.59 Å². The molecule has 1 aromatic rings. The van der Waals surface area contributed by atoms with Gasteiger partial charge in [-0.15, -0.1) is 0 Å². The number of ketones is 2. The summed E-state index contributed by atoms with van der Waals surface area (Å²) in [4.78, 5) is 25.1. The lowest BCUT2D eigenvalue weighted by molar-refractivity contribution is -0.136. The van der Waals surface area contributed by atoms with Crippen LogP contribution in [0.4, 0.5) is 0 Å². The minimum Gasteiger partial charge on any atom is -0.472 e. The fourth-order valence-corrected chi connectivity index (χ4v) is 2.60. The maximum Gasteiger partial charge on any atom is 0.146 e. The molecule has 0 aliphatic heterocycles. The molecule has 0 N–H and O–H groups in total. The van der Waals surface area contributed by atoms with Crippen molar-refractivity contribution in [2.45, 2.75) is 53.4 Å². The maximum atomic E-state index is 12.6. The standard InChI is InChI=1S/C16H22O3/c1-15(2,3)13(17)11-9-7-19-8-10(9)12(11)14(18)16(4,5)6/h7-8,11-12H,1-6H3. The summed E-state index contributed by atoms with van der Waals surface area (Å²) in [5, 5.41) is 0. The highest BCUT2D eigenvalue weighted by Gasteiger charge is 2.52. The highest BCUT2D eigenvalue weighted by molar-refractivity contribution is 6.03. The Labute approximate surface area is 114 Å². The number of Topliss-reactive ketones (excluding diaryl/α,β-unsaturated/α-hetero) is 2. The highest BCUT2D eigenvalue weighted by atomic mass is 16.3. The van der Waals surface area contributed by atoms with Crippen molar-refractivity contribution in [3.05, 3.63) is 23.7 Å². The Morgan fingerprint density at radius 1 is 0.842 bits per heavy atom. The zero-order valence-corrected chi connectivity index (χ0v) is 12.5.